The van der Waals surface area contributed by atoms with Gasteiger partial charge in [-0.15, -0.1) is 0 Å². The van der Waals surface area contributed by atoms with E-state index >= 15 is 0 Å². The molecule has 0 saturated carbocycles. The zero-order chi connectivity index (χ0) is 25.5. The van der Waals surface area contributed by atoms with E-state index in [4.69, 9.17) is 9.47 Å². The highest BCUT2D eigenvalue weighted by Gasteiger charge is 2.25. The van der Waals surface area contributed by atoms with Crippen molar-refractivity contribution in [2.24, 2.45) is 0 Å². The summed E-state index contributed by atoms with van der Waals surface area (Å²) in [4.78, 5) is 58.1. The summed E-state index contributed by atoms with van der Waals surface area (Å²) in [5.74, 6) is -1.80. The number of nitro benzene ring substituents is 2. The van der Waals surface area contributed by atoms with E-state index in [0.717, 1.165) is 12.1 Å². The topological polar surface area (TPSA) is 168 Å². The molecule has 0 bridgehead atoms. The Bertz CT molecular complexity index is 1320. The summed E-state index contributed by atoms with van der Waals surface area (Å²) in [5.41, 5.74) is -1.62. The van der Waals surface area contributed by atoms with Gasteiger partial charge in [0.2, 0.25) is 0 Å². The van der Waals surface area contributed by atoms with Crippen molar-refractivity contribution in [1.29, 1.82) is 0 Å². The molecule has 0 heterocycles. The Labute approximate surface area is 197 Å². The molecule has 1 N–H and O–H groups in total. The van der Waals surface area contributed by atoms with Crippen LogP contribution in [0.5, 0.6) is 5.75 Å². The van der Waals surface area contributed by atoms with Gasteiger partial charge < -0.3 is 14.8 Å². The molecular weight excluding hydrogens is 462 g/mol. The molecule has 0 spiro atoms. The van der Waals surface area contributed by atoms with Gasteiger partial charge in [-0.05, 0) is 42.5 Å². The number of Topliss-reactive ketones (excluding diaryl/α,β-unsaturated/α-hetero) is 1. The van der Waals surface area contributed by atoms with Crippen molar-refractivity contribution < 1.29 is 33.7 Å². The van der Waals surface area contributed by atoms with E-state index in [-0.39, 0.29) is 11.3 Å². The number of nitrogens with one attached hydrogen (secondary N) is 1. The van der Waals surface area contributed by atoms with Crippen molar-refractivity contribution in [3.05, 3.63) is 104 Å². The van der Waals surface area contributed by atoms with Gasteiger partial charge in [0.05, 0.1) is 34.3 Å². The molecule has 12 heteroatoms. The Morgan fingerprint density at radius 1 is 0.886 bits per heavy atom. The molecule has 0 aliphatic rings. The van der Waals surface area contributed by atoms with Crippen LogP contribution in [0.2, 0.25) is 0 Å². The Morgan fingerprint density at radius 3 is 2.20 bits per heavy atom. The molecule has 0 aliphatic carbocycles. The van der Waals surface area contributed by atoms with Gasteiger partial charge >= 0.3 is 5.97 Å². The van der Waals surface area contributed by atoms with E-state index < -0.39 is 51.1 Å². The number of ether oxygens (including phenoxy) is 2. The van der Waals surface area contributed by atoms with Crippen molar-refractivity contribution in [3.8, 4) is 5.75 Å². The molecule has 3 aromatic rings. The molecule has 1 amide bonds. The lowest BCUT2D eigenvalue weighted by atomic mass is 10.1. The SMILES string of the molecule is COc1ccc(C(=O)COC(=O)c2ccccc2NC(=O)c2ccc([N+](=O)[O-])cc2[N+](=O)[O-])cc1. The van der Waals surface area contributed by atoms with Gasteiger partial charge in [0.1, 0.15) is 11.3 Å². The minimum atomic E-state index is -0.971. The highest BCUT2D eigenvalue weighted by atomic mass is 16.6. The fourth-order valence-corrected chi connectivity index (χ4v) is 3.01. The lowest BCUT2D eigenvalue weighted by Crippen LogP contribution is -2.19. The van der Waals surface area contributed by atoms with Gasteiger partial charge in [-0.25, -0.2) is 4.79 Å². The fraction of sp³-hybridized carbons (Fsp3) is 0.0870. The molecule has 0 aromatic heterocycles. The molecule has 0 fully saturated rings. The highest BCUT2D eigenvalue weighted by Crippen LogP contribution is 2.26. The summed E-state index contributed by atoms with van der Waals surface area (Å²) in [6.07, 6.45) is 0. The number of methoxy groups -OCH3 is 1. The lowest BCUT2D eigenvalue weighted by Gasteiger charge is -2.11. The number of para-hydroxylation sites is 1. The predicted molar refractivity (Wildman–Crippen MR) is 122 cm³/mol. The van der Waals surface area contributed by atoms with Gasteiger partial charge in [0.25, 0.3) is 17.3 Å². The maximum Gasteiger partial charge on any atom is 0.340 e. The third-order valence-electron chi connectivity index (χ3n) is 4.77. The van der Waals surface area contributed by atoms with Crippen LogP contribution in [-0.4, -0.2) is 41.2 Å². The monoisotopic (exact) mass is 479 g/mol. The van der Waals surface area contributed by atoms with E-state index in [1.54, 1.807) is 12.1 Å². The summed E-state index contributed by atoms with van der Waals surface area (Å²) >= 11 is 0. The maximum absolute atomic E-state index is 12.7. The van der Waals surface area contributed by atoms with Gasteiger partial charge in [-0.3, -0.25) is 29.8 Å². The maximum atomic E-state index is 12.7. The molecule has 0 radical (unpaired) electrons. The van der Waals surface area contributed by atoms with Gasteiger partial charge in [-0.2, -0.15) is 0 Å². The second-order valence-electron chi connectivity index (χ2n) is 6.94. The summed E-state index contributed by atoms with van der Waals surface area (Å²) in [5, 5.41) is 24.6. The number of hydrogen-bond donors (Lipinski definition) is 1. The Morgan fingerprint density at radius 2 is 1.57 bits per heavy atom. The largest absolute Gasteiger partial charge is 0.497 e. The van der Waals surface area contributed by atoms with E-state index in [1.165, 1.54) is 43.5 Å². The van der Waals surface area contributed by atoms with Crippen molar-refractivity contribution in [2.75, 3.05) is 19.0 Å². The molecule has 0 aliphatic heterocycles. The van der Waals surface area contributed by atoms with Crippen molar-refractivity contribution >= 4 is 34.7 Å². The minimum absolute atomic E-state index is 0.0351. The van der Waals surface area contributed by atoms with Crippen LogP contribution in [0.3, 0.4) is 0 Å². The second-order valence-corrected chi connectivity index (χ2v) is 6.94. The number of carbonyl (C=O) groups excluding carboxylic acids is 3. The van der Waals surface area contributed by atoms with Gasteiger partial charge in [-0.1, -0.05) is 12.1 Å². The number of anilines is 1. The number of nitro groups is 2. The van der Waals surface area contributed by atoms with Crippen LogP contribution in [0.4, 0.5) is 17.1 Å². The first-order valence-electron chi connectivity index (χ1n) is 9.89. The highest BCUT2D eigenvalue weighted by molar-refractivity contribution is 6.10. The number of ketones is 1. The zero-order valence-corrected chi connectivity index (χ0v) is 18.1. The van der Waals surface area contributed by atoms with Crippen LogP contribution in [0.15, 0.2) is 66.7 Å². The molecular formula is C23H17N3O9. The average molecular weight is 479 g/mol. The van der Waals surface area contributed by atoms with Crippen LogP contribution >= 0.6 is 0 Å². The third-order valence-corrected chi connectivity index (χ3v) is 4.77. The molecule has 0 unspecified atom stereocenters. The van der Waals surface area contributed by atoms with Crippen molar-refractivity contribution in [3.63, 3.8) is 0 Å². The minimum Gasteiger partial charge on any atom is -0.497 e. The summed E-state index contributed by atoms with van der Waals surface area (Å²) in [7, 11) is 1.48. The molecule has 178 valence electrons. The van der Waals surface area contributed by atoms with Crippen LogP contribution in [-0.2, 0) is 4.74 Å². The number of non-ortho nitro benzene ring substituents is 1. The zero-order valence-electron chi connectivity index (χ0n) is 18.1. The molecule has 0 saturated heterocycles. The molecule has 35 heavy (non-hydrogen) atoms. The van der Waals surface area contributed by atoms with Gasteiger partial charge in [0, 0.05) is 11.6 Å². The normalized spacial score (nSPS) is 10.2. The number of amides is 1. The smallest absolute Gasteiger partial charge is 0.340 e. The van der Waals surface area contributed by atoms with Crippen LogP contribution < -0.4 is 10.1 Å². The van der Waals surface area contributed by atoms with Crippen molar-refractivity contribution in [1.82, 2.24) is 0 Å². The third kappa shape index (κ3) is 5.82. The number of carbonyl (C=O) groups is 3. The van der Waals surface area contributed by atoms with E-state index in [0.29, 0.717) is 17.4 Å². The molecule has 0 atom stereocenters. The second kappa shape index (κ2) is 10.7. The average Bonchev–Trinajstić information content (AvgIpc) is 2.86. The molecule has 12 nitrogen and oxygen atoms in total. The van der Waals surface area contributed by atoms with Crippen LogP contribution in [0.1, 0.15) is 31.1 Å². The number of nitrogens with zero attached hydrogens (tertiary/aromatic N) is 2. The predicted octanol–water partition coefficient (Wildman–Crippen LogP) is 3.80. The lowest BCUT2D eigenvalue weighted by molar-refractivity contribution is -0.394. The molecule has 3 rings (SSSR count). The van der Waals surface area contributed by atoms with E-state index in [9.17, 15) is 34.6 Å². The Hall–Kier alpha value is -5.13. The van der Waals surface area contributed by atoms with Crippen molar-refractivity contribution in [2.45, 2.75) is 0 Å². The number of esters is 1. The first kappa shape index (κ1) is 24.5. The number of hydrogen-bond acceptors (Lipinski definition) is 9. The van der Waals surface area contributed by atoms with E-state index in [2.05, 4.69) is 5.32 Å². The Kier molecular flexibility index (Phi) is 7.46. The first-order valence-corrected chi connectivity index (χ1v) is 9.89. The summed E-state index contributed by atoms with van der Waals surface area (Å²) in [6, 6.07) is 14.4. The van der Waals surface area contributed by atoms with Gasteiger partial charge in [0.15, 0.2) is 12.4 Å². The quantitative estimate of drug-likeness (QED) is 0.208. The first-order chi connectivity index (χ1) is 16.7. The molecule has 3 aromatic carbocycles. The van der Waals surface area contributed by atoms with Crippen LogP contribution in [0, 0.1) is 20.2 Å². The standard InChI is InChI=1S/C23H17N3O9/c1-34-16-9-6-14(7-10-16)21(27)13-35-23(29)17-4-2-3-5-19(17)24-22(28)18-11-8-15(25(30)31)12-20(18)26(32)33/h2-12H,13H2,1H3,(H,24,28). The fourth-order valence-electron chi connectivity index (χ4n) is 3.01. The number of benzene rings is 3. The van der Waals surface area contributed by atoms with Crippen LogP contribution in [0.25, 0.3) is 0 Å². The Balaban J connectivity index is 1.76. The summed E-state index contributed by atoms with van der Waals surface area (Å²) in [6.45, 7) is -0.568. The summed E-state index contributed by atoms with van der Waals surface area (Å²) < 4.78 is 10.1. The number of rotatable bonds is 9. The van der Waals surface area contributed by atoms with E-state index in [1.807, 2.05) is 0 Å².